The van der Waals surface area contributed by atoms with Crippen LogP contribution in [0.2, 0.25) is 0 Å². The van der Waals surface area contributed by atoms with Gasteiger partial charge in [-0.05, 0) is 11.5 Å². The fourth-order valence-electron chi connectivity index (χ4n) is 1.78. The summed E-state index contributed by atoms with van der Waals surface area (Å²) in [6, 6.07) is 8.02. The first-order chi connectivity index (χ1) is 11.1. The summed E-state index contributed by atoms with van der Waals surface area (Å²) in [6.07, 6.45) is -5.08. The second-order valence-electron chi connectivity index (χ2n) is 5.24. The van der Waals surface area contributed by atoms with Gasteiger partial charge in [-0.1, -0.05) is 38.1 Å². The fraction of sp³-hybridized carbons (Fsp3) is 0.333. The van der Waals surface area contributed by atoms with Crippen LogP contribution >= 0.6 is 0 Å². The molecule has 0 saturated carbocycles. The molecule has 0 amide bonds. The number of carboxylic acids is 1. The Morgan fingerprint density at radius 2 is 1.79 bits per heavy atom. The van der Waals surface area contributed by atoms with Crippen LogP contribution in [0.3, 0.4) is 0 Å². The Morgan fingerprint density at radius 1 is 1.29 bits per heavy atom. The lowest BCUT2D eigenvalue weighted by atomic mass is 10.1. The number of anilines is 1. The highest BCUT2D eigenvalue weighted by atomic mass is 19.4. The van der Waals surface area contributed by atoms with Crippen molar-refractivity contribution in [3.8, 4) is 11.4 Å². The second kappa shape index (κ2) is 7.82. The summed E-state index contributed by atoms with van der Waals surface area (Å²) in [7, 11) is 0. The molecule has 0 aliphatic carbocycles. The molecule has 6 N–H and O–H groups in total. The quantitative estimate of drug-likeness (QED) is 0.683. The molecule has 0 unspecified atom stereocenters. The second-order valence-corrected chi connectivity index (χ2v) is 5.24. The summed E-state index contributed by atoms with van der Waals surface area (Å²) in [5.41, 5.74) is 14.6. The van der Waals surface area contributed by atoms with Gasteiger partial charge >= 0.3 is 12.1 Å². The van der Waals surface area contributed by atoms with Crippen LogP contribution in [-0.2, 0) is 11.3 Å². The van der Waals surface area contributed by atoms with E-state index in [1.165, 1.54) is 0 Å². The van der Waals surface area contributed by atoms with Crippen LogP contribution in [0, 0.1) is 0 Å². The van der Waals surface area contributed by atoms with E-state index in [0.29, 0.717) is 18.3 Å². The number of nitrogens with zero attached hydrogens (tertiary/aromatic N) is 1. The van der Waals surface area contributed by atoms with Crippen molar-refractivity contribution >= 4 is 11.8 Å². The Hall–Kier alpha value is -2.55. The first-order valence-electron chi connectivity index (χ1n) is 7.01. The Balaban J connectivity index is 0.000000351. The lowest BCUT2D eigenvalue weighted by Gasteiger charge is -2.01. The van der Waals surface area contributed by atoms with Crippen LogP contribution in [0.15, 0.2) is 24.3 Å². The number of benzene rings is 1. The molecule has 0 bridgehead atoms. The van der Waals surface area contributed by atoms with E-state index < -0.39 is 12.1 Å². The predicted molar refractivity (Wildman–Crippen MR) is 84.1 cm³/mol. The molecule has 0 spiro atoms. The van der Waals surface area contributed by atoms with Crippen molar-refractivity contribution in [1.29, 1.82) is 0 Å². The number of halogens is 3. The number of hydrogen-bond donors (Lipinski definition) is 4. The van der Waals surface area contributed by atoms with Gasteiger partial charge in [0.15, 0.2) is 0 Å². The van der Waals surface area contributed by atoms with E-state index in [1.54, 1.807) is 0 Å². The molecule has 0 aliphatic rings. The van der Waals surface area contributed by atoms with Gasteiger partial charge in [-0.15, -0.1) is 0 Å². The maximum absolute atomic E-state index is 10.6. The van der Waals surface area contributed by atoms with E-state index in [4.69, 9.17) is 21.4 Å². The van der Waals surface area contributed by atoms with Crippen molar-refractivity contribution in [2.75, 3.05) is 5.73 Å². The highest BCUT2D eigenvalue weighted by Crippen LogP contribution is 2.24. The molecule has 24 heavy (non-hydrogen) atoms. The lowest BCUT2D eigenvalue weighted by molar-refractivity contribution is -0.192. The number of nitrogens with two attached hydrogens (primary N) is 2. The Labute approximate surface area is 136 Å². The van der Waals surface area contributed by atoms with E-state index in [2.05, 4.69) is 23.8 Å². The zero-order valence-corrected chi connectivity index (χ0v) is 13.2. The SMILES string of the molecule is CC(C)c1[nH]c(-c2ccc(CN)cc2)nc1N.O=C(O)C(F)(F)F. The number of aliphatic carboxylic acids is 1. The van der Waals surface area contributed by atoms with Crippen LogP contribution in [0.25, 0.3) is 11.4 Å². The number of carboxylic acid groups (broad SMARTS) is 1. The lowest BCUT2D eigenvalue weighted by Crippen LogP contribution is -2.21. The number of aromatic amines is 1. The van der Waals surface area contributed by atoms with Gasteiger partial charge < -0.3 is 21.6 Å². The van der Waals surface area contributed by atoms with Crippen molar-refractivity contribution in [2.45, 2.75) is 32.5 Å². The first-order valence-corrected chi connectivity index (χ1v) is 7.01. The van der Waals surface area contributed by atoms with E-state index in [9.17, 15) is 13.2 Å². The summed E-state index contributed by atoms with van der Waals surface area (Å²) in [6.45, 7) is 4.73. The largest absolute Gasteiger partial charge is 0.490 e. The summed E-state index contributed by atoms with van der Waals surface area (Å²) < 4.78 is 31.7. The van der Waals surface area contributed by atoms with Crippen LogP contribution in [0.4, 0.5) is 19.0 Å². The van der Waals surface area contributed by atoms with Crippen molar-refractivity contribution in [2.24, 2.45) is 5.73 Å². The van der Waals surface area contributed by atoms with E-state index >= 15 is 0 Å². The average molecular weight is 344 g/mol. The van der Waals surface area contributed by atoms with Gasteiger partial charge in [0, 0.05) is 12.1 Å². The molecular formula is C15H19F3N4O2. The van der Waals surface area contributed by atoms with Gasteiger partial charge in [0.1, 0.15) is 11.6 Å². The zero-order valence-electron chi connectivity index (χ0n) is 13.2. The van der Waals surface area contributed by atoms with E-state index in [-0.39, 0.29) is 0 Å². The number of nitrogen functional groups attached to an aromatic ring is 1. The molecule has 132 valence electrons. The number of imidazole rings is 1. The summed E-state index contributed by atoms with van der Waals surface area (Å²) >= 11 is 0. The summed E-state index contributed by atoms with van der Waals surface area (Å²) in [5.74, 6) is -1.01. The van der Waals surface area contributed by atoms with Crippen LogP contribution in [0.1, 0.15) is 31.0 Å². The number of alkyl halides is 3. The number of rotatable bonds is 3. The minimum atomic E-state index is -5.08. The maximum Gasteiger partial charge on any atom is 0.490 e. The van der Waals surface area contributed by atoms with Gasteiger partial charge in [-0.2, -0.15) is 13.2 Å². The van der Waals surface area contributed by atoms with Crippen LogP contribution in [-0.4, -0.2) is 27.2 Å². The summed E-state index contributed by atoms with van der Waals surface area (Å²) in [4.78, 5) is 16.5. The number of nitrogens with one attached hydrogen (secondary N) is 1. The molecule has 1 aromatic carbocycles. The maximum atomic E-state index is 10.6. The minimum Gasteiger partial charge on any atom is -0.475 e. The number of hydrogen-bond acceptors (Lipinski definition) is 4. The minimum absolute atomic E-state index is 0.347. The average Bonchev–Trinajstić information content (AvgIpc) is 2.89. The van der Waals surface area contributed by atoms with Gasteiger partial charge in [-0.25, -0.2) is 9.78 Å². The van der Waals surface area contributed by atoms with Crippen molar-refractivity contribution in [1.82, 2.24) is 9.97 Å². The van der Waals surface area contributed by atoms with Gasteiger partial charge in [0.05, 0.1) is 5.69 Å². The monoisotopic (exact) mass is 344 g/mol. The van der Waals surface area contributed by atoms with Crippen LogP contribution < -0.4 is 11.5 Å². The zero-order chi connectivity index (χ0) is 18.5. The third-order valence-corrected chi connectivity index (χ3v) is 3.04. The van der Waals surface area contributed by atoms with Gasteiger partial charge in [0.2, 0.25) is 0 Å². The summed E-state index contributed by atoms with van der Waals surface area (Å²) in [5, 5.41) is 7.12. The molecule has 0 fully saturated rings. The van der Waals surface area contributed by atoms with Gasteiger partial charge in [0.25, 0.3) is 0 Å². The normalized spacial score (nSPS) is 11.1. The molecule has 2 rings (SSSR count). The van der Waals surface area contributed by atoms with Gasteiger partial charge in [-0.3, -0.25) is 0 Å². The predicted octanol–water partition coefficient (Wildman–Crippen LogP) is 2.87. The first kappa shape index (κ1) is 19.5. The number of aromatic nitrogens is 2. The molecule has 6 nitrogen and oxygen atoms in total. The molecular weight excluding hydrogens is 325 g/mol. The van der Waals surface area contributed by atoms with Crippen molar-refractivity contribution in [3.63, 3.8) is 0 Å². The molecule has 1 heterocycles. The molecule has 0 atom stereocenters. The molecule has 0 saturated heterocycles. The molecule has 0 aliphatic heterocycles. The highest BCUT2D eigenvalue weighted by Gasteiger charge is 2.38. The van der Waals surface area contributed by atoms with Crippen molar-refractivity contribution in [3.05, 3.63) is 35.5 Å². The third-order valence-electron chi connectivity index (χ3n) is 3.04. The number of carbonyl (C=O) groups is 1. The Morgan fingerprint density at radius 3 is 2.12 bits per heavy atom. The third kappa shape index (κ3) is 5.27. The highest BCUT2D eigenvalue weighted by molar-refractivity contribution is 5.73. The molecule has 1 aromatic heterocycles. The van der Waals surface area contributed by atoms with Crippen LogP contribution in [0.5, 0.6) is 0 Å². The molecule has 0 radical (unpaired) electrons. The van der Waals surface area contributed by atoms with Crippen molar-refractivity contribution < 1.29 is 23.1 Å². The topological polar surface area (TPSA) is 118 Å². The molecule has 9 heteroatoms. The molecule has 2 aromatic rings. The standard InChI is InChI=1S/C13H18N4.C2HF3O2/c1-8(2)11-12(15)17-13(16-11)10-5-3-9(7-14)4-6-10;3-2(4,5)1(6)7/h3-6,8H,7,14-15H2,1-2H3,(H,16,17);(H,6,7). The fourth-order valence-corrected chi connectivity index (χ4v) is 1.78. The Bertz CT molecular complexity index is 679. The Kier molecular flexibility index (Phi) is 6.35. The van der Waals surface area contributed by atoms with E-state index in [0.717, 1.165) is 22.6 Å². The smallest absolute Gasteiger partial charge is 0.475 e. The van der Waals surface area contributed by atoms with E-state index in [1.807, 2.05) is 24.3 Å². The number of H-pyrrole nitrogens is 1.